The standard InChI is InChI=1S/C30H25BO3/c1-29(2)30(3,4)34-31(33-29)18-13-14-20-22-15-16-26-28(23-11-7-8-12-25(23)32-26)27(22)21-10-6-5-9-19(21)24(20)17-18/h5-17H,1-4H3. The van der Waals surface area contributed by atoms with E-state index in [-0.39, 0.29) is 18.3 Å². The maximum Gasteiger partial charge on any atom is 0.494 e. The maximum atomic E-state index is 6.36. The molecule has 7 rings (SSSR count). The molecule has 5 aromatic carbocycles. The van der Waals surface area contributed by atoms with Gasteiger partial charge in [-0.3, -0.25) is 0 Å². The molecule has 6 aromatic rings. The lowest BCUT2D eigenvalue weighted by atomic mass is 9.77. The number of para-hydroxylation sites is 1. The van der Waals surface area contributed by atoms with Crippen LogP contribution in [-0.2, 0) is 9.31 Å². The molecule has 0 spiro atoms. The summed E-state index contributed by atoms with van der Waals surface area (Å²) in [6.45, 7) is 8.38. The molecule has 0 atom stereocenters. The molecule has 3 nitrogen and oxygen atoms in total. The maximum absolute atomic E-state index is 6.36. The second kappa shape index (κ2) is 6.62. The average Bonchev–Trinajstić information content (AvgIpc) is 3.31. The molecule has 1 saturated heterocycles. The summed E-state index contributed by atoms with van der Waals surface area (Å²) in [5, 5.41) is 9.70. The van der Waals surface area contributed by atoms with Crippen molar-refractivity contribution in [3.8, 4) is 0 Å². The van der Waals surface area contributed by atoms with E-state index < -0.39 is 0 Å². The van der Waals surface area contributed by atoms with Gasteiger partial charge in [-0.25, -0.2) is 0 Å². The molecule has 1 aromatic heterocycles. The number of hydrogen-bond donors (Lipinski definition) is 0. The van der Waals surface area contributed by atoms with Crippen LogP contribution in [0.5, 0.6) is 0 Å². The molecule has 0 saturated carbocycles. The topological polar surface area (TPSA) is 31.6 Å². The normalized spacial score (nSPS) is 17.6. The lowest BCUT2D eigenvalue weighted by molar-refractivity contribution is 0.00578. The molecule has 4 heteroatoms. The summed E-state index contributed by atoms with van der Waals surface area (Å²) in [6.07, 6.45) is 0. The van der Waals surface area contributed by atoms with E-state index in [1.807, 2.05) is 12.1 Å². The van der Waals surface area contributed by atoms with Gasteiger partial charge in [0.2, 0.25) is 0 Å². The first-order valence-electron chi connectivity index (χ1n) is 11.9. The van der Waals surface area contributed by atoms with E-state index in [1.54, 1.807) is 0 Å². The Morgan fingerprint density at radius 3 is 1.88 bits per heavy atom. The zero-order valence-corrected chi connectivity index (χ0v) is 19.8. The quantitative estimate of drug-likeness (QED) is 0.196. The van der Waals surface area contributed by atoms with Crippen LogP contribution in [0.1, 0.15) is 27.7 Å². The predicted octanol–water partition coefficient (Wildman–Crippen LogP) is 7.34. The molecule has 0 aliphatic carbocycles. The van der Waals surface area contributed by atoms with Gasteiger partial charge < -0.3 is 13.7 Å². The minimum absolute atomic E-state index is 0.369. The van der Waals surface area contributed by atoms with Crippen LogP contribution in [0.15, 0.2) is 83.3 Å². The van der Waals surface area contributed by atoms with Crippen molar-refractivity contribution >= 4 is 66.8 Å². The Labute approximate surface area is 198 Å². The highest BCUT2D eigenvalue weighted by Gasteiger charge is 2.51. The van der Waals surface area contributed by atoms with Gasteiger partial charge in [0, 0.05) is 16.2 Å². The third kappa shape index (κ3) is 2.61. The summed E-state index contributed by atoms with van der Waals surface area (Å²) in [6, 6.07) is 27.9. The van der Waals surface area contributed by atoms with Gasteiger partial charge in [-0.15, -0.1) is 0 Å². The van der Waals surface area contributed by atoms with Crippen LogP contribution in [0.3, 0.4) is 0 Å². The van der Waals surface area contributed by atoms with Gasteiger partial charge in [0.1, 0.15) is 11.2 Å². The molecule has 1 aliphatic heterocycles. The van der Waals surface area contributed by atoms with Crippen LogP contribution in [0.2, 0.25) is 0 Å². The summed E-state index contributed by atoms with van der Waals surface area (Å²) < 4.78 is 18.9. The minimum Gasteiger partial charge on any atom is -0.456 e. The predicted molar refractivity (Wildman–Crippen MR) is 142 cm³/mol. The molecule has 34 heavy (non-hydrogen) atoms. The van der Waals surface area contributed by atoms with Crippen LogP contribution in [0.4, 0.5) is 0 Å². The largest absolute Gasteiger partial charge is 0.494 e. The van der Waals surface area contributed by atoms with E-state index in [0.717, 1.165) is 22.0 Å². The van der Waals surface area contributed by atoms with Crippen molar-refractivity contribution in [2.75, 3.05) is 0 Å². The van der Waals surface area contributed by atoms with E-state index in [9.17, 15) is 0 Å². The molecule has 166 valence electrons. The molecule has 0 amide bonds. The second-order valence-corrected chi connectivity index (χ2v) is 10.4. The third-order valence-electron chi connectivity index (χ3n) is 7.89. The fraction of sp³-hybridized carbons (Fsp3) is 0.200. The lowest BCUT2D eigenvalue weighted by Gasteiger charge is -2.32. The van der Waals surface area contributed by atoms with Crippen molar-refractivity contribution in [3.05, 3.63) is 78.9 Å². The van der Waals surface area contributed by atoms with Gasteiger partial charge >= 0.3 is 7.12 Å². The van der Waals surface area contributed by atoms with Crippen LogP contribution in [0.25, 0.3) is 54.3 Å². The Kier molecular flexibility index (Phi) is 3.91. The third-order valence-corrected chi connectivity index (χ3v) is 7.89. The van der Waals surface area contributed by atoms with E-state index in [4.69, 9.17) is 13.7 Å². The van der Waals surface area contributed by atoms with Crippen LogP contribution in [0, 0.1) is 0 Å². The van der Waals surface area contributed by atoms with Gasteiger partial charge in [-0.05, 0) is 78.3 Å². The molecule has 0 unspecified atom stereocenters. The number of hydrogen-bond acceptors (Lipinski definition) is 3. The van der Waals surface area contributed by atoms with Crippen molar-refractivity contribution in [2.24, 2.45) is 0 Å². The zero-order valence-electron chi connectivity index (χ0n) is 19.8. The Morgan fingerprint density at radius 1 is 0.529 bits per heavy atom. The molecular weight excluding hydrogens is 419 g/mol. The van der Waals surface area contributed by atoms with Gasteiger partial charge in [0.05, 0.1) is 11.2 Å². The van der Waals surface area contributed by atoms with Gasteiger partial charge in [0.25, 0.3) is 0 Å². The van der Waals surface area contributed by atoms with Crippen molar-refractivity contribution in [1.29, 1.82) is 0 Å². The van der Waals surface area contributed by atoms with Crippen LogP contribution < -0.4 is 5.46 Å². The highest BCUT2D eigenvalue weighted by molar-refractivity contribution is 6.62. The fourth-order valence-electron chi connectivity index (χ4n) is 5.40. The summed E-state index contributed by atoms with van der Waals surface area (Å²) in [4.78, 5) is 0. The van der Waals surface area contributed by atoms with Crippen molar-refractivity contribution in [3.63, 3.8) is 0 Å². The van der Waals surface area contributed by atoms with E-state index in [0.29, 0.717) is 0 Å². The lowest BCUT2D eigenvalue weighted by Crippen LogP contribution is -2.41. The number of benzene rings is 5. The summed E-state index contributed by atoms with van der Waals surface area (Å²) >= 11 is 0. The van der Waals surface area contributed by atoms with Crippen molar-refractivity contribution in [2.45, 2.75) is 38.9 Å². The smallest absolute Gasteiger partial charge is 0.456 e. The monoisotopic (exact) mass is 444 g/mol. The van der Waals surface area contributed by atoms with Crippen LogP contribution >= 0.6 is 0 Å². The van der Waals surface area contributed by atoms with E-state index >= 15 is 0 Å². The van der Waals surface area contributed by atoms with Gasteiger partial charge in [-0.2, -0.15) is 0 Å². The average molecular weight is 444 g/mol. The van der Waals surface area contributed by atoms with Crippen molar-refractivity contribution in [1.82, 2.24) is 0 Å². The first-order chi connectivity index (χ1) is 16.3. The molecular formula is C30H25BO3. The Hall–Kier alpha value is -3.34. The number of rotatable bonds is 1. The SMILES string of the molecule is CC1(C)OB(c2ccc3c(c2)c2ccccc2c2c3ccc3oc4ccccc4c32)OC1(C)C. The van der Waals surface area contributed by atoms with Gasteiger partial charge in [0.15, 0.2) is 0 Å². The molecule has 2 heterocycles. The number of furan rings is 1. The van der Waals surface area contributed by atoms with E-state index in [1.165, 1.54) is 37.7 Å². The Bertz CT molecular complexity index is 1740. The molecule has 1 fully saturated rings. The summed E-state index contributed by atoms with van der Waals surface area (Å²) in [5.41, 5.74) is 2.15. The minimum atomic E-state index is -0.385. The summed E-state index contributed by atoms with van der Waals surface area (Å²) in [7, 11) is -0.385. The first-order valence-corrected chi connectivity index (χ1v) is 11.9. The molecule has 0 radical (unpaired) electrons. The Morgan fingerprint density at radius 2 is 1.12 bits per heavy atom. The van der Waals surface area contributed by atoms with Gasteiger partial charge in [-0.1, -0.05) is 60.7 Å². The molecule has 0 N–H and O–H groups in total. The number of fused-ring (bicyclic) bond motifs is 10. The van der Waals surface area contributed by atoms with Crippen LogP contribution in [-0.4, -0.2) is 18.3 Å². The fourth-order valence-corrected chi connectivity index (χ4v) is 5.40. The molecule has 1 aliphatic rings. The molecule has 0 bridgehead atoms. The first kappa shape index (κ1) is 20.1. The highest BCUT2D eigenvalue weighted by Crippen LogP contribution is 2.42. The Balaban J connectivity index is 1.57. The second-order valence-electron chi connectivity index (χ2n) is 10.4. The highest BCUT2D eigenvalue weighted by atomic mass is 16.7. The summed E-state index contributed by atoms with van der Waals surface area (Å²) in [5.74, 6) is 0. The van der Waals surface area contributed by atoms with E-state index in [2.05, 4.69) is 94.4 Å². The van der Waals surface area contributed by atoms with Crippen molar-refractivity contribution < 1.29 is 13.7 Å². The zero-order chi connectivity index (χ0) is 23.2.